The summed E-state index contributed by atoms with van der Waals surface area (Å²) in [6.45, 7) is 3.81. The minimum Gasteiger partial charge on any atom is -0.326 e. The number of thioether (sulfide) groups is 1. The van der Waals surface area contributed by atoms with Crippen molar-refractivity contribution in [3.05, 3.63) is 65.2 Å². The lowest BCUT2D eigenvalue weighted by Gasteiger charge is -2.16. The third-order valence-corrected chi connectivity index (χ3v) is 5.99. The van der Waals surface area contributed by atoms with Crippen LogP contribution in [0.5, 0.6) is 0 Å². The van der Waals surface area contributed by atoms with E-state index in [-0.39, 0.29) is 11.8 Å². The molecule has 2 aromatic carbocycles. The normalized spacial score (nSPS) is 11.7. The molecule has 29 heavy (non-hydrogen) atoms. The number of benzene rings is 2. The Bertz CT molecular complexity index is 958. The van der Waals surface area contributed by atoms with Crippen LogP contribution in [0.4, 0.5) is 10.8 Å². The van der Waals surface area contributed by atoms with E-state index >= 15 is 0 Å². The first-order chi connectivity index (χ1) is 14.0. The lowest BCUT2D eigenvalue weighted by atomic mass is 10.1. The Kier molecular flexibility index (Phi) is 7.37. The van der Waals surface area contributed by atoms with Crippen molar-refractivity contribution in [1.82, 2.24) is 10.2 Å². The molecule has 6 nitrogen and oxygen atoms in total. The molecule has 2 amide bonds. The van der Waals surface area contributed by atoms with Gasteiger partial charge in [-0.3, -0.25) is 14.9 Å². The van der Waals surface area contributed by atoms with E-state index in [2.05, 4.69) is 20.8 Å². The molecule has 1 unspecified atom stereocenters. The minimum atomic E-state index is -0.444. The molecule has 150 valence electrons. The molecule has 1 aromatic heterocycles. The Hall–Kier alpha value is -2.71. The number of carbonyl (C=O) groups excluding carboxylic acids is 2. The van der Waals surface area contributed by atoms with E-state index in [9.17, 15) is 9.59 Å². The number of nitrogens with one attached hydrogen (secondary N) is 2. The van der Waals surface area contributed by atoms with Crippen LogP contribution in [0.1, 0.15) is 35.6 Å². The van der Waals surface area contributed by atoms with E-state index in [0.717, 1.165) is 27.6 Å². The summed E-state index contributed by atoms with van der Waals surface area (Å²) >= 11 is 2.79. The summed E-state index contributed by atoms with van der Waals surface area (Å²) in [7, 11) is 0. The average Bonchev–Trinajstić information content (AvgIpc) is 3.12. The monoisotopic (exact) mass is 426 g/mol. The van der Waals surface area contributed by atoms with Gasteiger partial charge in [0, 0.05) is 17.0 Å². The van der Waals surface area contributed by atoms with E-state index in [1.807, 2.05) is 68.4 Å². The summed E-state index contributed by atoms with van der Waals surface area (Å²) in [6.07, 6.45) is 1.31. The Morgan fingerprint density at radius 1 is 1.03 bits per heavy atom. The molecule has 0 fully saturated rings. The standard InChI is InChI=1S/C21H22N4O2S2/c1-3-7-18(26)22-16-10-12-17(13-11-16)29-19(15-8-5-4-6-9-15)20(27)23-21-25-24-14(2)28-21/h4-6,8-13,19H,3,7H2,1-2H3,(H,22,26)(H,23,25,27). The molecule has 0 bridgehead atoms. The number of hydrogen-bond acceptors (Lipinski definition) is 6. The first-order valence-corrected chi connectivity index (χ1v) is 11.0. The smallest absolute Gasteiger partial charge is 0.244 e. The quantitative estimate of drug-likeness (QED) is 0.492. The van der Waals surface area contributed by atoms with Crippen molar-refractivity contribution < 1.29 is 9.59 Å². The highest BCUT2D eigenvalue weighted by Crippen LogP contribution is 2.36. The van der Waals surface area contributed by atoms with Gasteiger partial charge in [-0.15, -0.1) is 22.0 Å². The molecular weight excluding hydrogens is 404 g/mol. The molecule has 0 saturated heterocycles. The molecule has 3 rings (SSSR count). The summed E-state index contributed by atoms with van der Waals surface area (Å²) in [6, 6.07) is 17.1. The van der Waals surface area contributed by atoms with Crippen LogP contribution in [0, 0.1) is 6.92 Å². The fourth-order valence-electron chi connectivity index (χ4n) is 2.62. The second-order valence-corrected chi connectivity index (χ2v) is 8.71. The van der Waals surface area contributed by atoms with E-state index in [0.29, 0.717) is 11.6 Å². The summed E-state index contributed by atoms with van der Waals surface area (Å²) in [4.78, 5) is 25.6. The van der Waals surface area contributed by atoms with E-state index < -0.39 is 5.25 Å². The number of hydrogen-bond donors (Lipinski definition) is 2. The van der Waals surface area contributed by atoms with Crippen LogP contribution < -0.4 is 10.6 Å². The van der Waals surface area contributed by atoms with Crippen molar-refractivity contribution in [2.24, 2.45) is 0 Å². The first kappa shape index (κ1) is 21.0. The Morgan fingerprint density at radius 2 is 1.76 bits per heavy atom. The molecule has 8 heteroatoms. The lowest BCUT2D eigenvalue weighted by molar-refractivity contribution is -0.116. The van der Waals surface area contributed by atoms with Crippen LogP contribution >= 0.6 is 23.1 Å². The number of anilines is 2. The van der Waals surface area contributed by atoms with Gasteiger partial charge in [-0.2, -0.15) is 0 Å². The van der Waals surface area contributed by atoms with Gasteiger partial charge in [-0.05, 0) is 43.2 Å². The zero-order chi connectivity index (χ0) is 20.6. The number of carbonyl (C=O) groups is 2. The molecule has 2 N–H and O–H groups in total. The number of nitrogens with zero attached hydrogens (tertiary/aromatic N) is 2. The van der Waals surface area contributed by atoms with Crippen LogP contribution in [-0.2, 0) is 9.59 Å². The van der Waals surface area contributed by atoms with Gasteiger partial charge in [0.1, 0.15) is 10.3 Å². The molecule has 0 aliphatic carbocycles. The maximum atomic E-state index is 13.0. The molecule has 0 aliphatic rings. The highest BCUT2D eigenvalue weighted by Gasteiger charge is 2.23. The van der Waals surface area contributed by atoms with Crippen LogP contribution in [-0.4, -0.2) is 22.0 Å². The van der Waals surface area contributed by atoms with Gasteiger partial charge < -0.3 is 5.32 Å². The number of amides is 2. The van der Waals surface area contributed by atoms with Crippen molar-refractivity contribution in [3.63, 3.8) is 0 Å². The van der Waals surface area contributed by atoms with E-state index in [4.69, 9.17) is 0 Å². The summed E-state index contributed by atoms with van der Waals surface area (Å²) in [5, 5.41) is 14.5. The van der Waals surface area contributed by atoms with Crippen molar-refractivity contribution in [2.75, 3.05) is 10.6 Å². The highest BCUT2D eigenvalue weighted by molar-refractivity contribution is 8.00. The van der Waals surface area contributed by atoms with Crippen molar-refractivity contribution >= 4 is 45.7 Å². The van der Waals surface area contributed by atoms with E-state index in [1.165, 1.54) is 23.1 Å². The topological polar surface area (TPSA) is 84.0 Å². The predicted octanol–water partition coefficient (Wildman–Crippen LogP) is 5.06. The average molecular weight is 427 g/mol. The van der Waals surface area contributed by atoms with Crippen LogP contribution in [0.2, 0.25) is 0 Å². The van der Waals surface area contributed by atoms with Gasteiger partial charge >= 0.3 is 0 Å². The maximum absolute atomic E-state index is 13.0. The summed E-state index contributed by atoms with van der Waals surface area (Å²) < 4.78 is 0. The first-order valence-electron chi connectivity index (χ1n) is 9.27. The van der Waals surface area contributed by atoms with Gasteiger partial charge in [0.05, 0.1) is 0 Å². The second-order valence-electron chi connectivity index (χ2n) is 6.35. The second kappa shape index (κ2) is 10.2. The van der Waals surface area contributed by atoms with Gasteiger partial charge in [-0.1, -0.05) is 48.6 Å². The molecule has 0 aliphatic heterocycles. The van der Waals surface area contributed by atoms with Crippen molar-refractivity contribution in [1.29, 1.82) is 0 Å². The van der Waals surface area contributed by atoms with Gasteiger partial charge in [0.15, 0.2) is 0 Å². The van der Waals surface area contributed by atoms with Crippen LogP contribution in [0.3, 0.4) is 0 Å². The third-order valence-electron chi connectivity index (χ3n) is 3.97. The highest BCUT2D eigenvalue weighted by atomic mass is 32.2. The predicted molar refractivity (Wildman–Crippen MR) is 118 cm³/mol. The largest absolute Gasteiger partial charge is 0.326 e. The number of aromatic nitrogens is 2. The van der Waals surface area contributed by atoms with Gasteiger partial charge in [0.25, 0.3) is 0 Å². The molecule has 1 atom stereocenters. The van der Waals surface area contributed by atoms with Crippen molar-refractivity contribution in [3.8, 4) is 0 Å². The van der Waals surface area contributed by atoms with Gasteiger partial charge in [0.2, 0.25) is 16.9 Å². The molecule has 0 saturated carbocycles. The molecule has 1 heterocycles. The molecular formula is C21H22N4O2S2. The fourth-order valence-corrected chi connectivity index (χ4v) is 4.24. The summed E-state index contributed by atoms with van der Waals surface area (Å²) in [5.41, 5.74) is 1.65. The van der Waals surface area contributed by atoms with Crippen LogP contribution in [0.25, 0.3) is 0 Å². The number of aryl methyl sites for hydroxylation is 1. The maximum Gasteiger partial charge on any atom is 0.244 e. The minimum absolute atomic E-state index is 0.00166. The molecule has 0 radical (unpaired) electrons. The lowest BCUT2D eigenvalue weighted by Crippen LogP contribution is -2.19. The van der Waals surface area contributed by atoms with Crippen molar-refractivity contribution in [2.45, 2.75) is 36.8 Å². The van der Waals surface area contributed by atoms with Gasteiger partial charge in [-0.25, -0.2) is 0 Å². The van der Waals surface area contributed by atoms with Crippen LogP contribution in [0.15, 0.2) is 59.5 Å². The Balaban J connectivity index is 1.74. The number of rotatable bonds is 8. The molecule has 3 aromatic rings. The molecule has 0 spiro atoms. The Labute approximate surface area is 178 Å². The SMILES string of the molecule is CCCC(=O)Nc1ccc(SC(C(=O)Nc2nnc(C)s2)c2ccccc2)cc1. The third kappa shape index (κ3) is 6.13. The zero-order valence-corrected chi connectivity index (χ0v) is 17.8. The summed E-state index contributed by atoms with van der Waals surface area (Å²) in [5.74, 6) is -0.153. The Morgan fingerprint density at radius 3 is 2.38 bits per heavy atom. The fraction of sp³-hybridized carbons (Fsp3) is 0.238. The van der Waals surface area contributed by atoms with E-state index in [1.54, 1.807) is 0 Å². The zero-order valence-electron chi connectivity index (χ0n) is 16.2.